The summed E-state index contributed by atoms with van der Waals surface area (Å²) < 4.78 is 21.0. The Morgan fingerprint density at radius 1 is 0.767 bits per heavy atom. The number of carbonyl (C=O) groups is 1. The van der Waals surface area contributed by atoms with Gasteiger partial charge in [-0.25, -0.2) is 4.79 Å². The Labute approximate surface area is 364 Å². The Morgan fingerprint density at radius 2 is 1.37 bits per heavy atom. The van der Waals surface area contributed by atoms with E-state index in [9.17, 15) is 4.79 Å². The minimum Gasteiger partial charge on any atom is -0.497 e. The topological polar surface area (TPSA) is 79.8 Å². The molecule has 0 N–H and O–H groups in total. The maximum absolute atomic E-state index is 11.7. The highest BCUT2D eigenvalue weighted by molar-refractivity contribution is 5.92. The number of aromatic nitrogens is 1. The van der Waals surface area contributed by atoms with Gasteiger partial charge < -0.3 is 33.6 Å². The SMILES string of the molecule is CC(C)CN1CCCC(c2ccncc2)C1.CC(C)CN1CCN(C)CC1.COc1ccc(C(C(C)C)N2CCOCC2)cc1.COc1ccccc1C(=O)OC(C)(C)C. The largest absolute Gasteiger partial charge is 0.497 e. The molecule has 10 nitrogen and oxygen atoms in total. The maximum atomic E-state index is 11.7. The fraction of sp³-hybridized carbons (Fsp3) is 0.640. The Morgan fingerprint density at radius 3 is 1.92 bits per heavy atom. The summed E-state index contributed by atoms with van der Waals surface area (Å²) in [7, 11) is 5.44. The number of likely N-dealkylation sites (N-methyl/N-ethyl adjacent to an activating group) is 1. The number of piperazine rings is 1. The minimum absolute atomic E-state index is 0.361. The number of methoxy groups -OCH3 is 2. The molecular formula is C50H81N5O5. The molecule has 60 heavy (non-hydrogen) atoms. The standard InChI is InChI=1S/C15H23NO2.C14H22N2.C12H16O3.C9H20N2/c1-12(2)15(16-8-10-18-11-9-16)13-4-6-14(17-3)7-5-13;1-12(2)10-16-9-3-4-14(11-16)13-5-7-15-8-6-13;1-12(2,3)15-11(13)9-7-5-6-8-10(9)14-4;1-9(2)8-11-6-4-10(3)5-7-11/h4-7,12,15H,8-11H2,1-3H3;5-8,12,14H,3-4,9-11H2,1-2H3;5-8H,1-4H3;9H,4-8H2,1-3H3. The van der Waals surface area contributed by atoms with Gasteiger partial charge in [0.2, 0.25) is 0 Å². The molecule has 0 amide bonds. The van der Waals surface area contributed by atoms with Crippen LogP contribution in [0.1, 0.15) is 109 Å². The molecule has 6 rings (SSSR count). The van der Waals surface area contributed by atoms with Gasteiger partial charge >= 0.3 is 5.97 Å². The van der Waals surface area contributed by atoms with E-state index in [-0.39, 0.29) is 5.97 Å². The van der Waals surface area contributed by atoms with Crippen molar-refractivity contribution in [2.45, 2.75) is 92.7 Å². The van der Waals surface area contributed by atoms with E-state index in [4.69, 9.17) is 18.9 Å². The first-order valence-electron chi connectivity index (χ1n) is 22.4. The Hall–Kier alpha value is -3.54. The third-order valence-electron chi connectivity index (χ3n) is 10.8. The zero-order chi connectivity index (χ0) is 44.1. The third kappa shape index (κ3) is 19.0. The van der Waals surface area contributed by atoms with Gasteiger partial charge in [-0.2, -0.15) is 0 Å². The lowest BCUT2D eigenvalue weighted by atomic mass is 9.91. The number of carbonyl (C=O) groups excluding carboxylic acids is 1. The van der Waals surface area contributed by atoms with Crippen LogP contribution >= 0.6 is 0 Å². The van der Waals surface area contributed by atoms with E-state index in [1.165, 1.54) is 83.4 Å². The molecule has 336 valence electrons. The van der Waals surface area contributed by atoms with Crippen molar-refractivity contribution in [2.24, 2.45) is 17.8 Å². The molecule has 0 saturated carbocycles. The van der Waals surface area contributed by atoms with Gasteiger partial charge in [0.05, 0.1) is 27.4 Å². The lowest BCUT2D eigenvalue weighted by molar-refractivity contribution is 0.00555. The number of para-hydroxylation sites is 1. The first-order chi connectivity index (χ1) is 28.6. The third-order valence-corrected chi connectivity index (χ3v) is 10.8. The molecule has 3 fully saturated rings. The van der Waals surface area contributed by atoms with Crippen LogP contribution in [0.25, 0.3) is 0 Å². The molecule has 3 saturated heterocycles. The Kier molecular flexibility index (Phi) is 22.6. The number of piperidine rings is 1. The van der Waals surface area contributed by atoms with Gasteiger partial charge in [0, 0.05) is 77.3 Å². The average molecular weight is 832 g/mol. The van der Waals surface area contributed by atoms with Crippen LogP contribution in [0, 0.1) is 17.8 Å². The van der Waals surface area contributed by atoms with Crippen LogP contribution in [-0.2, 0) is 9.47 Å². The van der Waals surface area contributed by atoms with Crippen LogP contribution in [0.15, 0.2) is 73.1 Å². The molecule has 2 aromatic carbocycles. The quantitative estimate of drug-likeness (QED) is 0.175. The highest BCUT2D eigenvalue weighted by atomic mass is 16.6. The predicted molar refractivity (Wildman–Crippen MR) is 247 cm³/mol. The van der Waals surface area contributed by atoms with Crippen LogP contribution < -0.4 is 9.47 Å². The normalized spacial score (nSPS) is 18.6. The number of hydrogen-bond donors (Lipinski definition) is 0. The van der Waals surface area contributed by atoms with Gasteiger partial charge in [-0.05, 0) is 118 Å². The van der Waals surface area contributed by atoms with Crippen LogP contribution in [0.3, 0.4) is 0 Å². The van der Waals surface area contributed by atoms with Gasteiger partial charge in [0.15, 0.2) is 0 Å². The second-order valence-corrected chi connectivity index (χ2v) is 18.6. The van der Waals surface area contributed by atoms with Crippen LogP contribution in [0.2, 0.25) is 0 Å². The summed E-state index contributed by atoms with van der Waals surface area (Å²) in [5.74, 6) is 4.00. The predicted octanol–water partition coefficient (Wildman–Crippen LogP) is 9.18. The molecular weight excluding hydrogens is 751 g/mol. The van der Waals surface area contributed by atoms with Crippen molar-refractivity contribution < 1.29 is 23.7 Å². The van der Waals surface area contributed by atoms with E-state index >= 15 is 0 Å². The summed E-state index contributed by atoms with van der Waals surface area (Å²) in [6.07, 6.45) is 6.49. The summed E-state index contributed by atoms with van der Waals surface area (Å²) in [5.41, 5.74) is 2.80. The smallest absolute Gasteiger partial charge is 0.342 e. The van der Waals surface area contributed by atoms with E-state index in [2.05, 4.69) is 97.4 Å². The van der Waals surface area contributed by atoms with E-state index in [1.807, 2.05) is 51.4 Å². The van der Waals surface area contributed by atoms with Crippen molar-refractivity contribution in [3.63, 3.8) is 0 Å². The summed E-state index contributed by atoms with van der Waals surface area (Å²) in [6, 6.07) is 20.3. The summed E-state index contributed by atoms with van der Waals surface area (Å²) in [5, 5.41) is 0. The molecule has 0 bridgehead atoms. The highest BCUT2D eigenvalue weighted by Gasteiger charge is 2.26. The number of esters is 1. The number of morpholine rings is 1. The lowest BCUT2D eigenvalue weighted by Gasteiger charge is -2.37. The molecule has 3 aliphatic heterocycles. The minimum atomic E-state index is -0.488. The van der Waals surface area contributed by atoms with Crippen molar-refractivity contribution in [1.82, 2.24) is 24.6 Å². The number of benzene rings is 2. The molecule has 2 atom stereocenters. The molecule has 4 heterocycles. The fourth-order valence-corrected chi connectivity index (χ4v) is 8.01. The van der Waals surface area contributed by atoms with E-state index in [0.717, 1.165) is 49.8 Å². The zero-order valence-electron chi connectivity index (χ0n) is 39.5. The molecule has 3 aromatic rings. The van der Waals surface area contributed by atoms with Crippen molar-refractivity contribution in [3.8, 4) is 11.5 Å². The van der Waals surface area contributed by atoms with Crippen LogP contribution in [-0.4, -0.2) is 136 Å². The van der Waals surface area contributed by atoms with Gasteiger partial charge in [0.25, 0.3) is 0 Å². The number of pyridine rings is 1. The monoisotopic (exact) mass is 832 g/mol. The van der Waals surface area contributed by atoms with Crippen LogP contribution in [0.5, 0.6) is 11.5 Å². The summed E-state index contributed by atoms with van der Waals surface area (Å²) in [4.78, 5) is 25.9. The number of nitrogens with zero attached hydrogens (tertiary/aromatic N) is 5. The second-order valence-electron chi connectivity index (χ2n) is 18.6. The highest BCUT2D eigenvalue weighted by Crippen LogP contribution is 2.31. The maximum Gasteiger partial charge on any atom is 0.342 e. The first-order valence-corrected chi connectivity index (χ1v) is 22.4. The molecule has 0 radical (unpaired) electrons. The van der Waals surface area contributed by atoms with E-state index < -0.39 is 5.60 Å². The molecule has 1 aromatic heterocycles. The summed E-state index contributed by atoms with van der Waals surface area (Å²) in [6.45, 7) is 33.0. The van der Waals surface area contributed by atoms with Gasteiger partial charge in [0.1, 0.15) is 22.7 Å². The van der Waals surface area contributed by atoms with Gasteiger partial charge in [-0.15, -0.1) is 0 Å². The molecule has 0 spiro atoms. The Balaban J connectivity index is 0.000000216. The molecule has 10 heteroatoms. The van der Waals surface area contributed by atoms with Crippen molar-refractivity contribution >= 4 is 5.97 Å². The van der Waals surface area contributed by atoms with E-state index in [0.29, 0.717) is 23.3 Å². The van der Waals surface area contributed by atoms with E-state index in [1.54, 1.807) is 25.3 Å². The van der Waals surface area contributed by atoms with Crippen molar-refractivity contribution in [2.75, 3.05) is 99.9 Å². The molecule has 3 aliphatic rings. The average Bonchev–Trinajstić information content (AvgIpc) is 3.22. The Bertz CT molecular complexity index is 1580. The number of rotatable bonds is 11. The number of likely N-dealkylation sites (tertiary alicyclic amines) is 1. The molecule has 0 aliphatic carbocycles. The number of hydrogen-bond acceptors (Lipinski definition) is 10. The van der Waals surface area contributed by atoms with Crippen molar-refractivity contribution in [3.05, 3.63) is 89.7 Å². The zero-order valence-corrected chi connectivity index (χ0v) is 39.5. The van der Waals surface area contributed by atoms with Crippen molar-refractivity contribution in [1.29, 1.82) is 0 Å². The lowest BCUT2D eigenvalue weighted by Crippen LogP contribution is -2.45. The van der Waals surface area contributed by atoms with Crippen LogP contribution in [0.4, 0.5) is 0 Å². The fourth-order valence-electron chi connectivity index (χ4n) is 8.01. The number of ether oxygens (including phenoxy) is 4. The van der Waals surface area contributed by atoms with Gasteiger partial charge in [-0.3, -0.25) is 9.88 Å². The summed E-state index contributed by atoms with van der Waals surface area (Å²) >= 11 is 0. The van der Waals surface area contributed by atoms with Gasteiger partial charge in [-0.1, -0.05) is 65.8 Å². The molecule has 2 unspecified atom stereocenters. The second kappa shape index (κ2) is 26.7. The first kappa shape index (κ1) is 50.8.